The Morgan fingerprint density at radius 1 is 1.05 bits per heavy atom. The number of hydrogen-bond donors (Lipinski definition) is 4. The normalized spacial score (nSPS) is 11.0. The van der Waals surface area contributed by atoms with Crippen molar-refractivity contribution >= 4 is 36.6 Å². The Balaban J connectivity index is 2.03. The first-order valence-electron chi connectivity index (χ1n) is 6.29. The van der Waals surface area contributed by atoms with E-state index < -0.39 is 19.8 Å². The van der Waals surface area contributed by atoms with Crippen LogP contribution in [-0.4, -0.2) is 15.8 Å². The van der Waals surface area contributed by atoms with Crippen LogP contribution in [-0.2, 0) is 10.7 Å². The molecule has 0 unspecified atom stereocenters. The number of para-hydroxylation sites is 1. The summed E-state index contributed by atoms with van der Waals surface area (Å²) in [5, 5.41) is 5.42. The molecule has 116 valence electrons. The minimum atomic E-state index is -4.19. The molecule has 0 saturated heterocycles. The average molecular weight is 341 g/mol. The van der Waals surface area contributed by atoms with E-state index in [1.54, 1.807) is 24.3 Å². The number of anilines is 2. The fourth-order valence-electron chi connectivity index (χ4n) is 1.79. The van der Waals surface area contributed by atoms with E-state index in [2.05, 4.69) is 10.6 Å². The van der Waals surface area contributed by atoms with Crippen LogP contribution in [0, 0.1) is 0 Å². The molecule has 0 saturated carbocycles. The lowest BCUT2D eigenvalue weighted by Crippen LogP contribution is -2.19. The van der Waals surface area contributed by atoms with Gasteiger partial charge in [-0.3, -0.25) is 4.57 Å². The van der Waals surface area contributed by atoms with Gasteiger partial charge in [0.05, 0.1) is 6.16 Å². The molecule has 0 atom stereocenters. The van der Waals surface area contributed by atoms with Crippen molar-refractivity contribution in [3.8, 4) is 0 Å². The van der Waals surface area contributed by atoms with Crippen molar-refractivity contribution in [3.05, 3.63) is 59.1 Å². The Morgan fingerprint density at radius 2 is 1.68 bits per heavy atom. The smallest absolute Gasteiger partial charge is 0.324 e. The Bertz CT molecular complexity index is 718. The van der Waals surface area contributed by atoms with E-state index in [4.69, 9.17) is 21.4 Å². The van der Waals surface area contributed by atoms with E-state index in [1.807, 2.05) is 6.07 Å². The van der Waals surface area contributed by atoms with Crippen LogP contribution in [0.5, 0.6) is 0 Å². The molecule has 0 radical (unpaired) electrons. The molecular formula is C14H14ClN2O4P. The number of nitrogens with one attached hydrogen (secondary N) is 2. The predicted molar refractivity (Wildman–Crippen MR) is 86.3 cm³/mol. The molecule has 8 heteroatoms. The van der Waals surface area contributed by atoms with Gasteiger partial charge in [-0.05, 0) is 29.8 Å². The zero-order valence-electron chi connectivity index (χ0n) is 11.4. The molecule has 0 aliphatic rings. The lowest BCUT2D eigenvalue weighted by atomic mass is 10.2. The van der Waals surface area contributed by atoms with Crippen LogP contribution in [0.15, 0.2) is 48.5 Å². The molecule has 2 amide bonds. The van der Waals surface area contributed by atoms with Gasteiger partial charge < -0.3 is 20.4 Å². The second-order valence-electron chi connectivity index (χ2n) is 4.57. The number of halogens is 1. The van der Waals surface area contributed by atoms with E-state index >= 15 is 0 Å². The molecule has 0 aliphatic carbocycles. The molecule has 0 spiro atoms. The van der Waals surface area contributed by atoms with Gasteiger partial charge in [-0.2, -0.15) is 0 Å². The molecule has 6 nitrogen and oxygen atoms in total. The number of hydrogen-bond acceptors (Lipinski definition) is 2. The van der Waals surface area contributed by atoms with Crippen LogP contribution in [0.25, 0.3) is 0 Å². The second-order valence-corrected chi connectivity index (χ2v) is 6.63. The highest BCUT2D eigenvalue weighted by Gasteiger charge is 2.16. The highest BCUT2D eigenvalue weighted by atomic mass is 35.5. The Labute approximate surface area is 132 Å². The van der Waals surface area contributed by atoms with E-state index in [9.17, 15) is 9.36 Å². The minimum Gasteiger partial charge on any atom is -0.324 e. The first kappa shape index (κ1) is 16.5. The standard InChI is InChI=1S/C14H14ClN2O4P/c15-13-8-12(7-6-10(13)9-22(19,20)21)17-14(18)16-11-4-2-1-3-5-11/h1-8H,9H2,(H2,16,17,18)(H2,19,20,21). The molecule has 22 heavy (non-hydrogen) atoms. The lowest BCUT2D eigenvalue weighted by Gasteiger charge is -2.10. The zero-order valence-corrected chi connectivity index (χ0v) is 13.0. The van der Waals surface area contributed by atoms with Gasteiger partial charge in [-0.1, -0.05) is 35.9 Å². The molecular weight excluding hydrogens is 327 g/mol. The van der Waals surface area contributed by atoms with Gasteiger partial charge in [0.2, 0.25) is 0 Å². The number of benzene rings is 2. The molecule has 0 fully saturated rings. The summed E-state index contributed by atoms with van der Waals surface area (Å²) in [5.74, 6) is 0. The van der Waals surface area contributed by atoms with Crippen LogP contribution in [0.1, 0.15) is 5.56 Å². The SMILES string of the molecule is O=C(Nc1ccccc1)Nc1ccc(CP(=O)(O)O)c(Cl)c1. The van der Waals surface area contributed by atoms with Crippen molar-refractivity contribution < 1.29 is 19.1 Å². The largest absolute Gasteiger partial charge is 0.329 e. The monoisotopic (exact) mass is 340 g/mol. The van der Waals surface area contributed by atoms with Crippen molar-refractivity contribution in [2.75, 3.05) is 10.6 Å². The second kappa shape index (κ2) is 6.94. The third kappa shape index (κ3) is 5.16. The van der Waals surface area contributed by atoms with Gasteiger partial charge in [-0.15, -0.1) is 0 Å². The summed E-state index contributed by atoms with van der Waals surface area (Å²) in [6.45, 7) is 0. The third-order valence-corrected chi connectivity index (χ3v) is 3.82. The van der Waals surface area contributed by atoms with Crippen LogP contribution in [0.3, 0.4) is 0 Å². The number of amides is 2. The highest BCUT2D eigenvalue weighted by molar-refractivity contribution is 7.50. The molecule has 2 rings (SSSR count). The zero-order chi connectivity index (χ0) is 16.2. The quantitative estimate of drug-likeness (QED) is 0.638. The summed E-state index contributed by atoms with van der Waals surface area (Å²) in [5.41, 5.74) is 1.39. The topological polar surface area (TPSA) is 98.7 Å². The maximum absolute atomic E-state index is 11.8. The Hall–Kier alpha value is -1.85. The molecule has 0 aromatic heterocycles. The van der Waals surface area contributed by atoms with Crippen molar-refractivity contribution in [2.45, 2.75) is 6.16 Å². The summed E-state index contributed by atoms with van der Waals surface area (Å²) >= 11 is 5.96. The lowest BCUT2D eigenvalue weighted by molar-refractivity contribution is 0.262. The Kier molecular flexibility index (Phi) is 5.21. The first-order chi connectivity index (χ1) is 10.3. The molecule has 0 heterocycles. The van der Waals surface area contributed by atoms with Crippen molar-refractivity contribution in [1.29, 1.82) is 0 Å². The van der Waals surface area contributed by atoms with Gasteiger partial charge in [0.1, 0.15) is 0 Å². The maximum atomic E-state index is 11.8. The Morgan fingerprint density at radius 3 is 2.27 bits per heavy atom. The van der Waals surface area contributed by atoms with Crippen LogP contribution < -0.4 is 10.6 Å². The van der Waals surface area contributed by atoms with E-state index in [-0.39, 0.29) is 5.02 Å². The van der Waals surface area contributed by atoms with Gasteiger partial charge in [-0.25, -0.2) is 4.79 Å². The summed E-state index contributed by atoms with van der Waals surface area (Å²) < 4.78 is 11.0. The fourth-order valence-corrected chi connectivity index (χ4v) is 2.85. The van der Waals surface area contributed by atoms with Gasteiger partial charge in [0.15, 0.2) is 0 Å². The van der Waals surface area contributed by atoms with Gasteiger partial charge >= 0.3 is 13.6 Å². The number of rotatable bonds is 4. The summed E-state index contributed by atoms with van der Waals surface area (Å²) in [6.07, 6.45) is -0.442. The number of carbonyl (C=O) groups excluding carboxylic acids is 1. The molecule has 4 N–H and O–H groups in total. The maximum Gasteiger partial charge on any atom is 0.329 e. The van der Waals surface area contributed by atoms with E-state index in [0.29, 0.717) is 16.9 Å². The molecule has 2 aromatic carbocycles. The summed E-state index contributed by atoms with van der Waals surface area (Å²) in [4.78, 5) is 29.7. The predicted octanol–water partition coefficient (Wildman–Crippen LogP) is 3.66. The summed E-state index contributed by atoms with van der Waals surface area (Å²) in [7, 11) is -4.19. The first-order valence-corrected chi connectivity index (χ1v) is 8.47. The fraction of sp³-hybridized carbons (Fsp3) is 0.0714. The van der Waals surface area contributed by atoms with Gasteiger partial charge in [0, 0.05) is 16.4 Å². The van der Waals surface area contributed by atoms with Crippen molar-refractivity contribution in [1.82, 2.24) is 0 Å². The van der Waals surface area contributed by atoms with E-state index in [1.165, 1.54) is 18.2 Å². The molecule has 2 aromatic rings. The van der Waals surface area contributed by atoms with E-state index in [0.717, 1.165) is 0 Å². The van der Waals surface area contributed by atoms with Gasteiger partial charge in [0.25, 0.3) is 0 Å². The van der Waals surface area contributed by atoms with Crippen LogP contribution in [0.4, 0.5) is 16.2 Å². The molecule has 0 aliphatic heterocycles. The van der Waals surface area contributed by atoms with Crippen LogP contribution >= 0.6 is 19.2 Å². The third-order valence-electron chi connectivity index (χ3n) is 2.72. The highest BCUT2D eigenvalue weighted by Crippen LogP contribution is 2.41. The number of carbonyl (C=O) groups is 1. The number of urea groups is 1. The molecule has 0 bridgehead atoms. The van der Waals surface area contributed by atoms with Crippen molar-refractivity contribution in [2.24, 2.45) is 0 Å². The van der Waals surface area contributed by atoms with Crippen molar-refractivity contribution in [3.63, 3.8) is 0 Å². The van der Waals surface area contributed by atoms with Crippen LogP contribution in [0.2, 0.25) is 5.02 Å². The average Bonchev–Trinajstić information content (AvgIpc) is 2.41. The summed E-state index contributed by atoms with van der Waals surface area (Å²) in [6, 6.07) is 12.9. The minimum absolute atomic E-state index is 0.181.